The minimum absolute atomic E-state index is 0.0769. The van der Waals surface area contributed by atoms with Crippen LogP contribution in [0.2, 0.25) is 0 Å². The molecule has 0 unspecified atom stereocenters. The summed E-state index contributed by atoms with van der Waals surface area (Å²) < 4.78 is 40.2. The fourth-order valence-electron chi connectivity index (χ4n) is 2.74. The summed E-state index contributed by atoms with van der Waals surface area (Å²) in [6.45, 7) is -0.599. The zero-order chi connectivity index (χ0) is 18.4. The van der Waals surface area contributed by atoms with Crippen molar-refractivity contribution in [1.29, 1.82) is 0 Å². The maximum atomic E-state index is 12.6. The van der Waals surface area contributed by atoms with Gasteiger partial charge in [0.2, 0.25) is 0 Å². The van der Waals surface area contributed by atoms with Crippen LogP contribution in [0.1, 0.15) is 21.7 Å². The zero-order valence-corrected chi connectivity index (χ0v) is 14.1. The first-order valence-corrected chi connectivity index (χ1v) is 7.94. The van der Waals surface area contributed by atoms with Crippen LogP contribution in [-0.4, -0.2) is 44.4 Å². The Hall–Kier alpha value is -2.36. The fourth-order valence-corrected chi connectivity index (χ4v) is 3.00. The summed E-state index contributed by atoms with van der Waals surface area (Å²) in [6, 6.07) is 6.89. The van der Waals surface area contributed by atoms with Gasteiger partial charge in [-0.25, -0.2) is 9.48 Å². The molecule has 2 heterocycles. The quantitative estimate of drug-likeness (QED) is 0.814. The molecule has 0 aliphatic carbocycles. The summed E-state index contributed by atoms with van der Waals surface area (Å²) in [5.41, 5.74) is 0.852. The van der Waals surface area contributed by atoms with Crippen molar-refractivity contribution in [2.45, 2.75) is 19.1 Å². The average Bonchev–Trinajstić information content (AvgIpc) is 2.93. The lowest BCUT2D eigenvalue weighted by atomic mass is 10.0. The zero-order valence-electron chi connectivity index (χ0n) is 12.5. The van der Waals surface area contributed by atoms with Gasteiger partial charge in [0.05, 0.1) is 17.9 Å². The van der Waals surface area contributed by atoms with Crippen LogP contribution in [0.15, 0.2) is 28.7 Å². The minimum Gasteiger partial charge on any atom is -0.476 e. The Kier molecular flexibility index (Phi) is 4.31. The van der Waals surface area contributed by atoms with Gasteiger partial charge in [0.25, 0.3) is 0 Å². The average molecular weight is 418 g/mol. The van der Waals surface area contributed by atoms with E-state index < -0.39 is 24.6 Å². The number of fused-ring (bicyclic) bond motifs is 1. The number of carbonyl (C=O) groups excluding carboxylic acids is 1. The molecule has 1 N–H and O–H groups in total. The van der Waals surface area contributed by atoms with Crippen molar-refractivity contribution in [1.82, 2.24) is 14.7 Å². The van der Waals surface area contributed by atoms with Gasteiger partial charge in [0.1, 0.15) is 0 Å². The Labute approximate surface area is 148 Å². The predicted octanol–water partition coefficient (Wildman–Crippen LogP) is 2.78. The number of carbonyl (C=O) groups is 2. The summed E-state index contributed by atoms with van der Waals surface area (Å²) in [5.74, 6) is -3.33. The number of amides is 1. The largest absolute Gasteiger partial charge is 0.476 e. The first kappa shape index (κ1) is 17.5. The monoisotopic (exact) mass is 417 g/mol. The van der Waals surface area contributed by atoms with E-state index in [0.717, 1.165) is 4.47 Å². The fraction of sp³-hybridized carbons (Fsp3) is 0.267. The first-order valence-electron chi connectivity index (χ1n) is 7.14. The molecule has 3 rings (SSSR count). The van der Waals surface area contributed by atoms with Gasteiger partial charge in [0.15, 0.2) is 5.69 Å². The van der Waals surface area contributed by atoms with Crippen molar-refractivity contribution in [3.8, 4) is 5.69 Å². The van der Waals surface area contributed by atoms with E-state index in [9.17, 15) is 27.9 Å². The van der Waals surface area contributed by atoms with E-state index in [4.69, 9.17) is 0 Å². The molecular formula is C15H11BrF3N3O3. The highest BCUT2D eigenvalue weighted by Gasteiger charge is 2.44. The predicted molar refractivity (Wildman–Crippen MR) is 83.4 cm³/mol. The van der Waals surface area contributed by atoms with E-state index in [1.54, 1.807) is 24.3 Å². The number of hydrogen-bond acceptors (Lipinski definition) is 3. The number of carboxylic acids is 1. The van der Waals surface area contributed by atoms with E-state index in [1.807, 2.05) is 0 Å². The molecule has 10 heteroatoms. The van der Waals surface area contributed by atoms with Gasteiger partial charge in [-0.1, -0.05) is 15.9 Å². The highest BCUT2D eigenvalue weighted by molar-refractivity contribution is 9.10. The van der Waals surface area contributed by atoms with E-state index in [0.29, 0.717) is 16.3 Å². The van der Waals surface area contributed by atoms with Crippen molar-refractivity contribution in [2.75, 3.05) is 6.54 Å². The minimum atomic E-state index is -5.00. The molecule has 0 bridgehead atoms. The molecule has 0 radical (unpaired) electrons. The van der Waals surface area contributed by atoms with Crippen LogP contribution in [0.5, 0.6) is 0 Å². The smallest absolute Gasteiger partial charge is 0.471 e. The molecule has 1 aliphatic heterocycles. The standard InChI is InChI=1S/C15H11BrF3N3O3/c16-8-1-3-9(4-2-8)22-11-5-6-21(14(25)15(17,18)19)7-10(11)12(20-22)13(23)24/h1-4H,5-7H2,(H,23,24). The molecular weight excluding hydrogens is 407 g/mol. The van der Waals surface area contributed by atoms with Gasteiger partial charge in [0, 0.05) is 23.0 Å². The van der Waals surface area contributed by atoms with Crippen molar-refractivity contribution in [3.05, 3.63) is 45.7 Å². The number of nitrogens with zero attached hydrogens (tertiary/aromatic N) is 3. The SMILES string of the molecule is O=C(O)c1nn(-c2ccc(Br)cc2)c2c1CN(C(=O)C(F)(F)F)CC2. The summed E-state index contributed by atoms with van der Waals surface area (Å²) in [4.78, 5) is 23.5. The Morgan fingerprint density at radius 3 is 2.40 bits per heavy atom. The normalized spacial score (nSPS) is 14.3. The van der Waals surface area contributed by atoms with E-state index in [-0.39, 0.29) is 24.2 Å². The number of halogens is 4. The number of hydrogen-bond donors (Lipinski definition) is 1. The molecule has 0 atom stereocenters. The van der Waals surface area contributed by atoms with Crippen LogP contribution in [0.25, 0.3) is 5.69 Å². The van der Waals surface area contributed by atoms with Crippen molar-refractivity contribution in [2.24, 2.45) is 0 Å². The van der Waals surface area contributed by atoms with E-state index in [1.165, 1.54) is 4.68 Å². The number of benzene rings is 1. The first-order chi connectivity index (χ1) is 11.7. The van der Waals surface area contributed by atoms with Crippen molar-refractivity contribution < 1.29 is 27.9 Å². The third-order valence-electron chi connectivity index (χ3n) is 3.86. The van der Waals surface area contributed by atoms with Crippen LogP contribution in [0.4, 0.5) is 13.2 Å². The molecule has 6 nitrogen and oxygen atoms in total. The lowest BCUT2D eigenvalue weighted by molar-refractivity contribution is -0.186. The molecule has 1 aromatic heterocycles. The second-order valence-corrected chi connectivity index (χ2v) is 6.36. The van der Waals surface area contributed by atoms with Gasteiger partial charge in [-0.3, -0.25) is 4.79 Å². The van der Waals surface area contributed by atoms with Gasteiger partial charge in [-0.15, -0.1) is 0 Å². The van der Waals surface area contributed by atoms with Gasteiger partial charge < -0.3 is 10.0 Å². The number of carboxylic acid groups (broad SMARTS) is 1. The maximum Gasteiger partial charge on any atom is 0.471 e. The third-order valence-corrected chi connectivity index (χ3v) is 4.39. The summed E-state index contributed by atoms with van der Waals surface area (Å²) in [7, 11) is 0. The molecule has 1 aliphatic rings. The lowest BCUT2D eigenvalue weighted by Crippen LogP contribution is -2.44. The Morgan fingerprint density at radius 1 is 1.20 bits per heavy atom. The summed E-state index contributed by atoms with van der Waals surface area (Å²) in [5, 5.41) is 13.4. The number of alkyl halides is 3. The molecule has 1 aromatic carbocycles. The van der Waals surface area contributed by atoms with Gasteiger partial charge >= 0.3 is 18.1 Å². The molecule has 0 saturated carbocycles. The number of aromatic nitrogens is 2. The Morgan fingerprint density at radius 2 is 1.84 bits per heavy atom. The lowest BCUT2D eigenvalue weighted by Gasteiger charge is -2.28. The van der Waals surface area contributed by atoms with Gasteiger partial charge in [-0.05, 0) is 24.3 Å². The molecule has 2 aromatic rings. The number of aromatic carboxylic acids is 1. The highest BCUT2D eigenvalue weighted by atomic mass is 79.9. The van der Waals surface area contributed by atoms with Crippen LogP contribution >= 0.6 is 15.9 Å². The summed E-state index contributed by atoms with van der Waals surface area (Å²) in [6.07, 6.45) is -4.92. The van der Waals surface area contributed by atoms with E-state index >= 15 is 0 Å². The molecule has 25 heavy (non-hydrogen) atoms. The van der Waals surface area contributed by atoms with Crippen LogP contribution in [-0.2, 0) is 17.8 Å². The topological polar surface area (TPSA) is 75.4 Å². The highest BCUT2D eigenvalue weighted by Crippen LogP contribution is 2.29. The molecule has 132 valence electrons. The second kappa shape index (κ2) is 6.17. The van der Waals surface area contributed by atoms with Crippen molar-refractivity contribution >= 4 is 27.8 Å². The van der Waals surface area contributed by atoms with Crippen LogP contribution in [0.3, 0.4) is 0 Å². The van der Waals surface area contributed by atoms with Gasteiger partial charge in [-0.2, -0.15) is 18.3 Å². The van der Waals surface area contributed by atoms with E-state index in [2.05, 4.69) is 21.0 Å². The van der Waals surface area contributed by atoms with Crippen LogP contribution < -0.4 is 0 Å². The second-order valence-electron chi connectivity index (χ2n) is 5.44. The molecule has 0 fully saturated rings. The summed E-state index contributed by atoms with van der Waals surface area (Å²) >= 11 is 3.29. The third kappa shape index (κ3) is 3.26. The van der Waals surface area contributed by atoms with Crippen molar-refractivity contribution in [3.63, 3.8) is 0 Å². The molecule has 0 saturated heterocycles. The molecule has 0 spiro atoms. The van der Waals surface area contributed by atoms with Crippen LogP contribution in [0, 0.1) is 0 Å². The maximum absolute atomic E-state index is 12.6. The number of rotatable bonds is 2. The molecule has 1 amide bonds. The Bertz CT molecular complexity index is 846. The Balaban J connectivity index is 2.03.